The molecule has 0 heterocycles. The van der Waals surface area contributed by atoms with Crippen LogP contribution in [0.5, 0.6) is 11.5 Å². The Kier molecular flexibility index (Phi) is 5.76. The topological polar surface area (TPSA) is 61.8 Å². The number of rotatable bonds is 6. The standard InChI is InChI=1S/C17H15BrO5/c1-21-13-6-7-14(16(9-13)22-2)15(19)10-23-17(20)11-4-3-5-12(18)8-11/h3-9H,10H2,1-2H3. The highest BCUT2D eigenvalue weighted by atomic mass is 79.9. The van der Waals surface area contributed by atoms with Crippen molar-refractivity contribution >= 4 is 27.7 Å². The Hall–Kier alpha value is -2.34. The Morgan fingerprint density at radius 3 is 2.48 bits per heavy atom. The second kappa shape index (κ2) is 7.78. The molecule has 2 aromatic rings. The van der Waals surface area contributed by atoms with Crippen LogP contribution < -0.4 is 9.47 Å². The third-order valence-corrected chi connectivity index (χ3v) is 3.60. The van der Waals surface area contributed by atoms with Gasteiger partial charge in [-0.25, -0.2) is 4.79 Å². The van der Waals surface area contributed by atoms with Gasteiger partial charge in [0.05, 0.1) is 25.3 Å². The summed E-state index contributed by atoms with van der Waals surface area (Å²) in [6, 6.07) is 11.6. The van der Waals surface area contributed by atoms with E-state index in [9.17, 15) is 9.59 Å². The lowest BCUT2D eigenvalue weighted by molar-refractivity contribution is 0.0474. The van der Waals surface area contributed by atoms with Crippen molar-refractivity contribution in [1.82, 2.24) is 0 Å². The van der Waals surface area contributed by atoms with Gasteiger partial charge in [-0.15, -0.1) is 0 Å². The molecule has 0 N–H and O–H groups in total. The highest BCUT2D eigenvalue weighted by molar-refractivity contribution is 9.10. The summed E-state index contributed by atoms with van der Waals surface area (Å²) in [7, 11) is 2.98. The van der Waals surface area contributed by atoms with Crippen molar-refractivity contribution in [2.24, 2.45) is 0 Å². The fourth-order valence-electron chi connectivity index (χ4n) is 1.94. The first-order valence-corrected chi connectivity index (χ1v) is 7.52. The average molecular weight is 379 g/mol. The molecule has 5 nitrogen and oxygen atoms in total. The van der Waals surface area contributed by atoms with Crippen LogP contribution in [0.2, 0.25) is 0 Å². The molecule has 0 amide bonds. The maximum Gasteiger partial charge on any atom is 0.338 e. The minimum Gasteiger partial charge on any atom is -0.497 e. The number of ether oxygens (including phenoxy) is 3. The highest BCUT2D eigenvalue weighted by Gasteiger charge is 2.16. The predicted octanol–water partition coefficient (Wildman–Crippen LogP) is 3.51. The van der Waals surface area contributed by atoms with Crippen LogP contribution in [0.15, 0.2) is 46.9 Å². The van der Waals surface area contributed by atoms with Crippen LogP contribution in [-0.2, 0) is 4.74 Å². The number of benzene rings is 2. The van der Waals surface area contributed by atoms with Crippen molar-refractivity contribution in [3.05, 3.63) is 58.1 Å². The molecule has 0 spiro atoms. The Morgan fingerprint density at radius 2 is 1.83 bits per heavy atom. The monoisotopic (exact) mass is 378 g/mol. The van der Waals surface area contributed by atoms with Crippen LogP contribution >= 0.6 is 15.9 Å². The van der Waals surface area contributed by atoms with Gasteiger partial charge in [0.2, 0.25) is 5.78 Å². The summed E-state index contributed by atoms with van der Waals surface area (Å²) < 4.78 is 16.1. The molecule has 120 valence electrons. The normalized spacial score (nSPS) is 10.0. The second-order valence-corrected chi connectivity index (χ2v) is 5.49. The molecule has 0 unspecified atom stereocenters. The van der Waals surface area contributed by atoms with Crippen LogP contribution in [0, 0.1) is 0 Å². The number of esters is 1. The summed E-state index contributed by atoms with van der Waals surface area (Å²) in [5, 5.41) is 0. The highest BCUT2D eigenvalue weighted by Crippen LogP contribution is 2.25. The van der Waals surface area contributed by atoms with Gasteiger partial charge in [0.1, 0.15) is 11.5 Å². The summed E-state index contributed by atoms with van der Waals surface area (Å²) in [5.74, 6) is 0.0253. The lowest BCUT2D eigenvalue weighted by Crippen LogP contribution is -2.15. The Bertz CT molecular complexity index is 727. The fourth-order valence-corrected chi connectivity index (χ4v) is 2.34. The molecule has 0 fully saturated rings. The zero-order valence-corrected chi connectivity index (χ0v) is 14.3. The molecule has 2 aromatic carbocycles. The summed E-state index contributed by atoms with van der Waals surface area (Å²) >= 11 is 3.28. The molecule has 6 heteroatoms. The first-order chi connectivity index (χ1) is 11.0. The number of halogens is 1. The van der Waals surface area contributed by atoms with Crippen molar-refractivity contribution in [3.63, 3.8) is 0 Å². The number of hydrogen-bond acceptors (Lipinski definition) is 5. The molecule has 0 radical (unpaired) electrons. The number of Topliss-reactive ketones (excluding diaryl/α,β-unsaturated/α-hetero) is 1. The van der Waals surface area contributed by atoms with E-state index in [0.717, 1.165) is 4.47 Å². The van der Waals surface area contributed by atoms with Crippen molar-refractivity contribution in [2.75, 3.05) is 20.8 Å². The van der Waals surface area contributed by atoms with E-state index >= 15 is 0 Å². The van der Waals surface area contributed by atoms with E-state index < -0.39 is 5.97 Å². The maximum atomic E-state index is 12.2. The fraction of sp³-hybridized carbons (Fsp3) is 0.176. The van der Waals surface area contributed by atoms with E-state index in [-0.39, 0.29) is 12.4 Å². The zero-order chi connectivity index (χ0) is 16.8. The minimum atomic E-state index is -0.563. The van der Waals surface area contributed by atoms with Crippen molar-refractivity contribution in [2.45, 2.75) is 0 Å². The molecule has 23 heavy (non-hydrogen) atoms. The van der Waals surface area contributed by atoms with Crippen molar-refractivity contribution in [3.8, 4) is 11.5 Å². The lowest BCUT2D eigenvalue weighted by atomic mass is 10.1. The summed E-state index contributed by atoms with van der Waals surface area (Å²) in [6.45, 7) is -0.367. The lowest BCUT2D eigenvalue weighted by Gasteiger charge is -2.10. The number of hydrogen-bond donors (Lipinski definition) is 0. The van der Waals surface area contributed by atoms with Crippen molar-refractivity contribution in [1.29, 1.82) is 0 Å². The van der Waals surface area contributed by atoms with Crippen LogP contribution in [0.4, 0.5) is 0 Å². The van der Waals surface area contributed by atoms with E-state index in [1.165, 1.54) is 14.2 Å². The summed E-state index contributed by atoms with van der Waals surface area (Å²) in [5.41, 5.74) is 0.698. The molecule has 2 rings (SSSR count). The number of ketones is 1. The van der Waals surface area contributed by atoms with Crippen LogP contribution in [0.1, 0.15) is 20.7 Å². The summed E-state index contributed by atoms with van der Waals surface area (Å²) in [6.07, 6.45) is 0. The van der Waals surface area contributed by atoms with Gasteiger partial charge in [0.15, 0.2) is 6.61 Å². The van der Waals surface area contributed by atoms with Gasteiger partial charge in [-0.1, -0.05) is 22.0 Å². The molecule has 0 aliphatic carbocycles. The van der Waals surface area contributed by atoms with E-state index in [1.54, 1.807) is 42.5 Å². The largest absolute Gasteiger partial charge is 0.497 e. The van der Waals surface area contributed by atoms with Gasteiger partial charge in [-0.05, 0) is 30.3 Å². The third kappa shape index (κ3) is 4.32. The van der Waals surface area contributed by atoms with Crippen LogP contribution in [0.25, 0.3) is 0 Å². The van der Waals surface area contributed by atoms with E-state index in [4.69, 9.17) is 14.2 Å². The molecule has 0 atom stereocenters. The average Bonchev–Trinajstić information content (AvgIpc) is 2.58. The molecule has 0 aliphatic heterocycles. The van der Waals surface area contributed by atoms with Gasteiger partial charge in [0.25, 0.3) is 0 Å². The minimum absolute atomic E-state index is 0.329. The first-order valence-electron chi connectivity index (χ1n) is 6.73. The van der Waals surface area contributed by atoms with Gasteiger partial charge in [-0.2, -0.15) is 0 Å². The van der Waals surface area contributed by atoms with E-state index in [2.05, 4.69) is 15.9 Å². The first kappa shape index (κ1) is 17.0. The Labute approximate surface area is 142 Å². The second-order valence-electron chi connectivity index (χ2n) is 4.58. The number of carbonyl (C=O) groups excluding carboxylic acids is 2. The molecule has 0 aliphatic rings. The SMILES string of the molecule is COc1ccc(C(=O)COC(=O)c2cccc(Br)c2)c(OC)c1. The molecule has 0 saturated heterocycles. The molecular weight excluding hydrogens is 364 g/mol. The maximum absolute atomic E-state index is 12.2. The third-order valence-electron chi connectivity index (χ3n) is 3.10. The number of methoxy groups -OCH3 is 2. The van der Waals surface area contributed by atoms with Crippen molar-refractivity contribution < 1.29 is 23.8 Å². The predicted molar refractivity (Wildman–Crippen MR) is 88.3 cm³/mol. The molecule has 0 aromatic heterocycles. The van der Waals surface area contributed by atoms with E-state index in [1.807, 2.05) is 0 Å². The summed E-state index contributed by atoms with van der Waals surface area (Å²) in [4.78, 5) is 24.2. The van der Waals surface area contributed by atoms with Gasteiger partial charge < -0.3 is 14.2 Å². The van der Waals surface area contributed by atoms with Gasteiger partial charge in [0, 0.05) is 10.5 Å². The van der Waals surface area contributed by atoms with Crippen LogP contribution in [-0.4, -0.2) is 32.6 Å². The molecule has 0 saturated carbocycles. The zero-order valence-electron chi connectivity index (χ0n) is 12.7. The molecule has 0 bridgehead atoms. The molecular formula is C17H15BrO5. The quantitative estimate of drug-likeness (QED) is 0.568. The number of carbonyl (C=O) groups is 2. The Morgan fingerprint density at radius 1 is 1.04 bits per heavy atom. The van der Waals surface area contributed by atoms with Gasteiger partial charge >= 0.3 is 5.97 Å². The Balaban J connectivity index is 2.06. The van der Waals surface area contributed by atoms with Crippen LogP contribution in [0.3, 0.4) is 0 Å². The van der Waals surface area contributed by atoms with E-state index in [0.29, 0.717) is 22.6 Å². The van der Waals surface area contributed by atoms with Gasteiger partial charge in [-0.3, -0.25) is 4.79 Å². The smallest absolute Gasteiger partial charge is 0.338 e.